The van der Waals surface area contributed by atoms with Crippen LogP contribution in [0.3, 0.4) is 0 Å². The molecule has 0 spiro atoms. The van der Waals surface area contributed by atoms with Gasteiger partial charge in [0.1, 0.15) is 13.2 Å². The third-order valence-corrected chi connectivity index (χ3v) is 11.9. The van der Waals surface area contributed by atoms with E-state index in [1.165, 1.54) is 12.8 Å². The van der Waals surface area contributed by atoms with Gasteiger partial charge in [0.25, 0.3) is 0 Å². The molecule has 6 nitrogen and oxygen atoms in total. The Morgan fingerprint density at radius 1 is 0.260 bits per heavy atom. The molecule has 0 bridgehead atoms. The van der Waals surface area contributed by atoms with Crippen LogP contribution in [-0.2, 0) is 28.6 Å². The molecular formula is C71H108O6. The first-order valence-electron chi connectivity index (χ1n) is 30.3. The second kappa shape index (κ2) is 63.0. The van der Waals surface area contributed by atoms with E-state index in [1.54, 1.807) is 0 Å². The molecule has 1 unspecified atom stereocenters. The topological polar surface area (TPSA) is 78.9 Å². The lowest BCUT2D eigenvalue weighted by atomic mass is 10.1. The maximum Gasteiger partial charge on any atom is 0.306 e. The van der Waals surface area contributed by atoms with Gasteiger partial charge in [0.05, 0.1) is 0 Å². The number of carbonyl (C=O) groups is 3. The fourth-order valence-electron chi connectivity index (χ4n) is 7.48. The summed E-state index contributed by atoms with van der Waals surface area (Å²) in [7, 11) is 0. The molecule has 6 heteroatoms. The summed E-state index contributed by atoms with van der Waals surface area (Å²) in [5, 5.41) is 0. The van der Waals surface area contributed by atoms with Gasteiger partial charge in [0.15, 0.2) is 6.10 Å². The van der Waals surface area contributed by atoms with Crippen LogP contribution >= 0.6 is 0 Å². The smallest absolute Gasteiger partial charge is 0.306 e. The fourth-order valence-corrected chi connectivity index (χ4v) is 7.48. The van der Waals surface area contributed by atoms with Crippen molar-refractivity contribution in [3.05, 3.63) is 182 Å². The Morgan fingerprint density at radius 2 is 0.494 bits per heavy atom. The second-order valence-electron chi connectivity index (χ2n) is 19.1. The van der Waals surface area contributed by atoms with Gasteiger partial charge in [-0.05, 0) is 141 Å². The molecule has 77 heavy (non-hydrogen) atoms. The summed E-state index contributed by atoms with van der Waals surface area (Å²) in [6.45, 7) is 6.18. The number of esters is 3. The quantitative estimate of drug-likeness (QED) is 0.0261. The number of rotatable bonds is 52. The molecule has 0 rings (SSSR count). The van der Waals surface area contributed by atoms with E-state index >= 15 is 0 Å². The SMILES string of the molecule is CC/C=C\C/C=C\C/C=C\C/C=C\C/C=C\C/C=C\C/C=C\CCCCCCCC(=O)OCC(COC(=O)CC/C=C\C/C=C\C/C=C\C/C=C\CC)OC(=O)CCCCCCCC/C=C\C/C=C\C/C=C\C/C=C\CC. The van der Waals surface area contributed by atoms with Crippen LogP contribution < -0.4 is 0 Å². The molecule has 1 atom stereocenters. The molecule has 0 saturated carbocycles. The summed E-state index contributed by atoms with van der Waals surface area (Å²) in [5.74, 6) is -1.05. The molecule has 0 N–H and O–H groups in total. The first-order valence-corrected chi connectivity index (χ1v) is 30.3. The summed E-state index contributed by atoms with van der Waals surface area (Å²) in [6, 6.07) is 0. The minimum absolute atomic E-state index is 0.126. The van der Waals surface area contributed by atoms with Gasteiger partial charge in [-0.3, -0.25) is 14.4 Å². The molecule has 0 aliphatic rings. The molecule has 0 aromatic rings. The van der Waals surface area contributed by atoms with E-state index in [0.29, 0.717) is 12.8 Å². The van der Waals surface area contributed by atoms with Crippen LogP contribution in [0.15, 0.2) is 182 Å². The molecular weight excluding hydrogens is 949 g/mol. The average Bonchev–Trinajstić information content (AvgIpc) is 3.43. The van der Waals surface area contributed by atoms with E-state index in [9.17, 15) is 14.4 Å². The van der Waals surface area contributed by atoms with Crippen LogP contribution in [0.4, 0.5) is 0 Å². The molecule has 0 heterocycles. The Morgan fingerprint density at radius 3 is 0.805 bits per heavy atom. The fraction of sp³-hybridized carbons (Fsp3) is 0.535. The number of allylic oxidation sites excluding steroid dienone is 30. The lowest BCUT2D eigenvalue weighted by molar-refractivity contribution is -0.166. The maximum absolute atomic E-state index is 12.9. The van der Waals surface area contributed by atoms with Crippen LogP contribution in [-0.4, -0.2) is 37.2 Å². The zero-order chi connectivity index (χ0) is 55.7. The third kappa shape index (κ3) is 61.2. The van der Waals surface area contributed by atoms with Crippen molar-refractivity contribution in [2.24, 2.45) is 0 Å². The molecule has 0 aromatic heterocycles. The largest absolute Gasteiger partial charge is 0.462 e. The predicted molar refractivity (Wildman–Crippen MR) is 334 cm³/mol. The van der Waals surface area contributed by atoms with Crippen LogP contribution in [0, 0.1) is 0 Å². The molecule has 0 aliphatic heterocycles. The van der Waals surface area contributed by atoms with Gasteiger partial charge in [0, 0.05) is 19.3 Å². The first kappa shape index (κ1) is 71.5. The number of hydrogen-bond acceptors (Lipinski definition) is 6. The Kier molecular flexibility index (Phi) is 58.6. The van der Waals surface area contributed by atoms with E-state index in [0.717, 1.165) is 167 Å². The summed E-state index contributed by atoms with van der Waals surface area (Å²) in [6.07, 6.45) is 94.7. The Labute approximate surface area is 472 Å². The number of unbranched alkanes of at least 4 members (excludes halogenated alkanes) is 11. The summed E-state index contributed by atoms with van der Waals surface area (Å²) in [5.41, 5.74) is 0. The van der Waals surface area contributed by atoms with Crippen molar-refractivity contribution in [3.8, 4) is 0 Å². The van der Waals surface area contributed by atoms with Gasteiger partial charge in [-0.2, -0.15) is 0 Å². The Hall–Kier alpha value is -5.49. The van der Waals surface area contributed by atoms with Crippen molar-refractivity contribution in [2.45, 2.75) is 232 Å². The molecule has 0 saturated heterocycles. The van der Waals surface area contributed by atoms with Gasteiger partial charge in [-0.1, -0.05) is 248 Å². The van der Waals surface area contributed by atoms with Crippen LogP contribution in [0.5, 0.6) is 0 Å². The summed E-state index contributed by atoms with van der Waals surface area (Å²) >= 11 is 0. The van der Waals surface area contributed by atoms with Crippen molar-refractivity contribution in [2.75, 3.05) is 13.2 Å². The standard InChI is InChI=1S/C71H108O6/c1-4-7-10-13-16-19-22-25-27-29-31-32-33-34-35-36-37-38-40-41-43-46-49-52-55-58-61-64-70(73)76-67-68(66-75-69(72)63-60-57-54-51-48-45-24-21-18-15-12-9-6-3)77-71(74)65-62-59-56-53-50-47-44-42-39-30-28-26-23-20-17-14-11-8-5-2/h7-12,16-21,25-28,31-32,34-35,37-39,41-43,45,48,54,57,68H,4-6,13-15,22-24,29-30,33,36,40,44,46-47,49-53,55-56,58-67H2,1-3H3/b10-7-,11-8-,12-9-,19-16-,20-17-,21-18-,27-25-,28-26-,32-31-,35-34-,38-37-,42-39-,43-41-,48-45-,57-54-. The number of hydrogen-bond donors (Lipinski definition) is 0. The third-order valence-electron chi connectivity index (χ3n) is 11.9. The van der Waals surface area contributed by atoms with E-state index in [-0.39, 0.29) is 44.0 Å². The van der Waals surface area contributed by atoms with Crippen molar-refractivity contribution < 1.29 is 28.6 Å². The molecule has 428 valence electrons. The van der Waals surface area contributed by atoms with Gasteiger partial charge >= 0.3 is 17.9 Å². The highest BCUT2D eigenvalue weighted by Crippen LogP contribution is 2.13. The average molecular weight is 1060 g/mol. The number of ether oxygens (including phenoxy) is 3. The van der Waals surface area contributed by atoms with Crippen molar-refractivity contribution >= 4 is 17.9 Å². The minimum atomic E-state index is -0.835. The van der Waals surface area contributed by atoms with Gasteiger partial charge in [0.2, 0.25) is 0 Å². The maximum atomic E-state index is 12.9. The lowest BCUT2D eigenvalue weighted by Gasteiger charge is -2.18. The van der Waals surface area contributed by atoms with E-state index in [2.05, 4.69) is 191 Å². The normalized spacial score (nSPS) is 13.4. The molecule has 0 fully saturated rings. The predicted octanol–water partition coefficient (Wildman–Crippen LogP) is 20.9. The van der Waals surface area contributed by atoms with E-state index in [4.69, 9.17) is 14.2 Å². The second-order valence-corrected chi connectivity index (χ2v) is 19.1. The first-order chi connectivity index (χ1) is 38.0. The summed E-state index contributed by atoms with van der Waals surface area (Å²) < 4.78 is 16.8. The van der Waals surface area contributed by atoms with Gasteiger partial charge in [-0.15, -0.1) is 0 Å². The lowest BCUT2D eigenvalue weighted by Crippen LogP contribution is -2.30. The Bertz CT molecular complexity index is 1840. The monoisotopic (exact) mass is 1060 g/mol. The van der Waals surface area contributed by atoms with Crippen molar-refractivity contribution in [1.82, 2.24) is 0 Å². The molecule has 0 aromatic carbocycles. The Balaban J connectivity index is 4.49. The van der Waals surface area contributed by atoms with Crippen LogP contribution in [0.1, 0.15) is 226 Å². The van der Waals surface area contributed by atoms with Crippen molar-refractivity contribution in [1.29, 1.82) is 0 Å². The van der Waals surface area contributed by atoms with Crippen molar-refractivity contribution in [3.63, 3.8) is 0 Å². The van der Waals surface area contributed by atoms with Crippen LogP contribution in [0.2, 0.25) is 0 Å². The minimum Gasteiger partial charge on any atom is -0.462 e. The van der Waals surface area contributed by atoms with Crippen LogP contribution in [0.25, 0.3) is 0 Å². The van der Waals surface area contributed by atoms with Gasteiger partial charge in [-0.25, -0.2) is 0 Å². The zero-order valence-electron chi connectivity index (χ0n) is 48.9. The van der Waals surface area contributed by atoms with E-state index < -0.39 is 6.10 Å². The zero-order valence-corrected chi connectivity index (χ0v) is 48.9. The van der Waals surface area contributed by atoms with Gasteiger partial charge < -0.3 is 14.2 Å². The highest BCUT2D eigenvalue weighted by atomic mass is 16.6. The number of carbonyl (C=O) groups excluding carboxylic acids is 3. The molecule has 0 amide bonds. The highest BCUT2D eigenvalue weighted by Gasteiger charge is 2.19. The molecule has 0 radical (unpaired) electrons. The van der Waals surface area contributed by atoms with E-state index in [1.807, 2.05) is 12.2 Å². The summed E-state index contributed by atoms with van der Waals surface area (Å²) in [4.78, 5) is 38.2. The highest BCUT2D eigenvalue weighted by molar-refractivity contribution is 5.71. The molecule has 0 aliphatic carbocycles.